The number of hydrogen-bond acceptors (Lipinski definition) is 6. The molecular weight excluding hydrogens is 468 g/mol. The average Bonchev–Trinajstić information content (AvgIpc) is 3.30. The molecule has 2 N–H and O–H groups in total. The first-order valence-electron chi connectivity index (χ1n) is 11.2. The number of para-hydroxylation sites is 1. The van der Waals surface area contributed by atoms with E-state index in [1.54, 1.807) is 0 Å². The fourth-order valence-electron chi connectivity index (χ4n) is 4.24. The molecule has 1 aromatic heterocycles. The Labute approximate surface area is 208 Å². The largest absolute Gasteiger partial charge is 0.456 e. The summed E-state index contributed by atoms with van der Waals surface area (Å²) in [5, 5.41) is 18.2. The van der Waals surface area contributed by atoms with Crippen molar-refractivity contribution in [3.8, 4) is 11.3 Å². The van der Waals surface area contributed by atoms with Crippen LogP contribution in [0.4, 0.5) is 11.4 Å². The first-order chi connectivity index (χ1) is 16.6. The standard InChI is InChI=1S/C26H24N4O4.ClH/c31-26(18-8-10-20(11-9-18)30(32)33)28-23-6-2-1-5-21(23)25-16-22-19(4-3-7-24(22)34-25)17-29-14-12-27-13-15-29;/h1-11,16,27H,12-15,17H2,(H,28,31);1H. The van der Waals surface area contributed by atoms with Crippen LogP contribution in [0.15, 0.2) is 77.2 Å². The van der Waals surface area contributed by atoms with Crippen LogP contribution in [0.3, 0.4) is 0 Å². The number of benzene rings is 3. The van der Waals surface area contributed by atoms with E-state index in [0.29, 0.717) is 17.0 Å². The Morgan fingerprint density at radius 3 is 2.51 bits per heavy atom. The van der Waals surface area contributed by atoms with Crippen LogP contribution in [0.25, 0.3) is 22.3 Å². The zero-order valence-corrected chi connectivity index (χ0v) is 19.7. The molecule has 2 heterocycles. The molecule has 3 aromatic carbocycles. The van der Waals surface area contributed by atoms with E-state index < -0.39 is 4.92 Å². The quantitative estimate of drug-likeness (QED) is 0.287. The Hall–Kier alpha value is -3.72. The molecule has 1 aliphatic rings. The highest BCUT2D eigenvalue weighted by molar-refractivity contribution is 6.06. The number of nitrogens with one attached hydrogen (secondary N) is 2. The van der Waals surface area contributed by atoms with Crippen molar-refractivity contribution in [1.82, 2.24) is 10.2 Å². The number of rotatable bonds is 6. The van der Waals surface area contributed by atoms with Gasteiger partial charge in [-0.2, -0.15) is 0 Å². The van der Waals surface area contributed by atoms with Gasteiger partial charge in [0.2, 0.25) is 0 Å². The van der Waals surface area contributed by atoms with Crippen molar-refractivity contribution in [2.45, 2.75) is 6.54 Å². The Kier molecular flexibility index (Phi) is 7.45. The van der Waals surface area contributed by atoms with Crippen LogP contribution in [-0.2, 0) is 6.54 Å². The molecule has 0 atom stereocenters. The summed E-state index contributed by atoms with van der Waals surface area (Å²) in [6.45, 7) is 4.87. The SMILES string of the molecule is Cl.O=C(Nc1ccccc1-c1cc2c(CN3CCNCC3)cccc2o1)c1ccc([N+](=O)[O-])cc1. The lowest BCUT2D eigenvalue weighted by molar-refractivity contribution is -0.384. The number of furan rings is 1. The Bertz CT molecular complexity index is 1350. The summed E-state index contributed by atoms with van der Waals surface area (Å²) in [7, 11) is 0. The number of amides is 1. The zero-order valence-electron chi connectivity index (χ0n) is 18.9. The average molecular weight is 493 g/mol. The first-order valence-corrected chi connectivity index (χ1v) is 11.2. The molecule has 5 rings (SSSR count). The number of piperazine rings is 1. The number of non-ortho nitro benzene ring substituents is 1. The van der Waals surface area contributed by atoms with Crippen molar-refractivity contribution >= 4 is 40.7 Å². The summed E-state index contributed by atoms with van der Waals surface area (Å²) in [5.41, 5.74) is 3.66. The van der Waals surface area contributed by atoms with Gasteiger partial charge in [-0.1, -0.05) is 24.3 Å². The van der Waals surface area contributed by atoms with E-state index in [1.165, 1.54) is 29.8 Å². The number of carbonyl (C=O) groups is 1. The molecule has 0 spiro atoms. The molecule has 1 amide bonds. The highest BCUT2D eigenvalue weighted by atomic mass is 35.5. The van der Waals surface area contributed by atoms with Crippen LogP contribution in [0.5, 0.6) is 0 Å². The van der Waals surface area contributed by atoms with Gasteiger partial charge in [0.25, 0.3) is 11.6 Å². The van der Waals surface area contributed by atoms with Crippen LogP contribution in [-0.4, -0.2) is 41.9 Å². The number of hydrogen-bond donors (Lipinski definition) is 2. The molecule has 4 aromatic rings. The van der Waals surface area contributed by atoms with Crippen molar-refractivity contribution in [2.75, 3.05) is 31.5 Å². The third-order valence-corrected chi connectivity index (χ3v) is 6.04. The number of carbonyl (C=O) groups excluding carboxylic acids is 1. The van der Waals surface area contributed by atoms with Crippen molar-refractivity contribution < 1.29 is 14.1 Å². The lowest BCUT2D eigenvalue weighted by atomic mass is 10.1. The smallest absolute Gasteiger partial charge is 0.269 e. The molecule has 9 heteroatoms. The number of nitro groups is 1. The topological polar surface area (TPSA) is 101 Å². The summed E-state index contributed by atoms with van der Waals surface area (Å²) in [4.78, 5) is 25.6. The second-order valence-corrected chi connectivity index (χ2v) is 8.27. The van der Waals surface area contributed by atoms with Crippen molar-refractivity contribution in [3.05, 3.63) is 94.0 Å². The number of anilines is 1. The summed E-state index contributed by atoms with van der Waals surface area (Å²) < 4.78 is 6.20. The van der Waals surface area contributed by atoms with Crippen molar-refractivity contribution in [3.63, 3.8) is 0 Å². The molecule has 180 valence electrons. The van der Waals surface area contributed by atoms with Gasteiger partial charge in [0.15, 0.2) is 0 Å². The van der Waals surface area contributed by atoms with Gasteiger partial charge in [-0.25, -0.2) is 0 Å². The second-order valence-electron chi connectivity index (χ2n) is 8.27. The molecule has 1 fully saturated rings. The normalized spacial score (nSPS) is 13.8. The van der Waals surface area contributed by atoms with Crippen LogP contribution in [0, 0.1) is 10.1 Å². The minimum atomic E-state index is -0.491. The lowest BCUT2D eigenvalue weighted by Gasteiger charge is -2.27. The summed E-state index contributed by atoms with van der Waals surface area (Å²) in [5.74, 6) is 0.320. The van der Waals surface area contributed by atoms with E-state index in [-0.39, 0.29) is 24.0 Å². The molecule has 1 saturated heterocycles. The van der Waals surface area contributed by atoms with Crippen LogP contribution < -0.4 is 10.6 Å². The van der Waals surface area contributed by atoms with Crippen molar-refractivity contribution in [2.24, 2.45) is 0 Å². The van der Waals surface area contributed by atoms with E-state index in [4.69, 9.17) is 4.42 Å². The fraction of sp³-hybridized carbons (Fsp3) is 0.192. The fourth-order valence-corrected chi connectivity index (χ4v) is 4.24. The Balaban J connectivity index is 0.00000289. The molecule has 1 aliphatic heterocycles. The van der Waals surface area contributed by atoms with Gasteiger partial charge >= 0.3 is 0 Å². The van der Waals surface area contributed by atoms with E-state index >= 15 is 0 Å². The van der Waals surface area contributed by atoms with Gasteiger partial charge < -0.3 is 15.1 Å². The molecule has 0 unspecified atom stereocenters. The van der Waals surface area contributed by atoms with Gasteiger partial charge in [-0.3, -0.25) is 19.8 Å². The van der Waals surface area contributed by atoms with Gasteiger partial charge in [0, 0.05) is 61.4 Å². The molecule has 0 saturated carbocycles. The molecule has 0 bridgehead atoms. The third-order valence-electron chi connectivity index (χ3n) is 6.04. The summed E-state index contributed by atoms with van der Waals surface area (Å²) in [6, 6.07) is 21.1. The minimum absolute atomic E-state index is 0. The van der Waals surface area contributed by atoms with Crippen LogP contribution in [0.2, 0.25) is 0 Å². The summed E-state index contributed by atoms with van der Waals surface area (Å²) in [6.07, 6.45) is 0. The number of nitro benzene ring substituents is 1. The number of halogens is 1. The molecule has 35 heavy (non-hydrogen) atoms. The Morgan fingerprint density at radius 1 is 1.03 bits per heavy atom. The van der Waals surface area contributed by atoms with Gasteiger partial charge in [0.1, 0.15) is 11.3 Å². The predicted octanol–water partition coefficient (Wildman–Crippen LogP) is 5.09. The van der Waals surface area contributed by atoms with Gasteiger partial charge in [0.05, 0.1) is 10.6 Å². The molecule has 8 nitrogen and oxygen atoms in total. The predicted molar refractivity (Wildman–Crippen MR) is 138 cm³/mol. The van der Waals surface area contributed by atoms with Crippen molar-refractivity contribution in [1.29, 1.82) is 0 Å². The van der Waals surface area contributed by atoms with Crippen LogP contribution in [0.1, 0.15) is 15.9 Å². The maximum atomic E-state index is 12.8. The molecule has 0 radical (unpaired) electrons. The minimum Gasteiger partial charge on any atom is -0.456 e. The number of fused-ring (bicyclic) bond motifs is 1. The maximum absolute atomic E-state index is 12.8. The van der Waals surface area contributed by atoms with E-state index in [2.05, 4.69) is 21.6 Å². The van der Waals surface area contributed by atoms with E-state index in [1.807, 2.05) is 42.5 Å². The van der Waals surface area contributed by atoms with Gasteiger partial charge in [-0.05, 0) is 42.0 Å². The molecule has 0 aliphatic carbocycles. The zero-order chi connectivity index (χ0) is 23.5. The summed E-state index contributed by atoms with van der Waals surface area (Å²) >= 11 is 0. The first kappa shape index (κ1) is 24.4. The maximum Gasteiger partial charge on any atom is 0.269 e. The van der Waals surface area contributed by atoms with E-state index in [9.17, 15) is 14.9 Å². The highest BCUT2D eigenvalue weighted by Crippen LogP contribution is 2.34. The molecular formula is C26H25ClN4O4. The number of nitrogens with zero attached hydrogens (tertiary/aromatic N) is 2. The van der Waals surface area contributed by atoms with Gasteiger partial charge in [-0.15, -0.1) is 12.4 Å². The monoisotopic (exact) mass is 492 g/mol. The van der Waals surface area contributed by atoms with Crippen LogP contribution >= 0.6 is 12.4 Å². The second kappa shape index (κ2) is 10.7. The van der Waals surface area contributed by atoms with E-state index in [0.717, 1.165) is 49.3 Å². The Morgan fingerprint density at radius 2 is 1.77 bits per heavy atom. The third kappa shape index (κ3) is 5.35. The highest BCUT2D eigenvalue weighted by Gasteiger charge is 2.17. The lowest BCUT2D eigenvalue weighted by Crippen LogP contribution is -2.42.